The van der Waals surface area contributed by atoms with E-state index in [-0.39, 0.29) is 9.92 Å². The fourth-order valence-electron chi connectivity index (χ4n) is 2.47. The molecule has 0 aliphatic carbocycles. The van der Waals surface area contributed by atoms with Crippen molar-refractivity contribution in [3.05, 3.63) is 59.8 Å². The molecule has 0 aliphatic heterocycles. The Labute approximate surface area is 140 Å². The predicted molar refractivity (Wildman–Crippen MR) is 89.3 cm³/mol. The summed E-state index contributed by atoms with van der Waals surface area (Å²) in [5, 5.41) is 7.89. The van der Waals surface area contributed by atoms with Gasteiger partial charge in [-0.2, -0.15) is 0 Å². The number of nitrogens with zero attached hydrogens (tertiary/aromatic N) is 3. The quantitative estimate of drug-likeness (QED) is 0.728. The van der Waals surface area contributed by atoms with Crippen molar-refractivity contribution in [3.63, 3.8) is 0 Å². The van der Waals surface area contributed by atoms with Gasteiger partial charge in [-0.15, -0.1) is 5.10 Å². The van der Waals surface area contributed by atoms with Crippen molar-refractivity contribution in [2.24, 2.45) is 0 Å². The van der Waals surface area contributed by atoms with Crippen LogP contribution in [0, 0.1) is 13.8 Å². The van der Waals surface area contributed by atoms with Crippen LogP contribution in [0.4, 0.5) is 0 Å². The van der Waals surface area contributed by atoms with E-state index in [1.165, 1.54) is 4.68 Å². The number of rotatable bonds is 4. The molecule has 1 aromatic heterocycles. The SMILES string of the molecule is COc1ccc(C)cc1-n1nnc(S(=O)(=O)c2ccccc2)c1C. The molecule has 0 atom stereocenters. The van der Waals surface area contributed by atoms with Crippen molar-refractivity contribution >= 4 is 9.84 Å². The molecule has 24 heavy (non-hydrogen) atoms. The first-order valence-electron chi connectivity index (χ1n) is 7.32. The Balaban J connectivity index is 2.16. The van der Waals surface area contributed by atoms with Gasteiger partial charge in [-0.05, 0) is 43.7 Å². The first-order chi connectivity index (χ1) is 11.4. The molecular formula is C17H17N3O3S. The van der Waals surface area contributed by atoms with E-state index in [1.807, 2.05) is 25.1 Å². The molecule has 3 aromatic rings. The van der Waals surface area contributed by atoms with Crippen LogP contribution in [0.2, 0.25) is 0 Å². The van der Waals surface area contributed by atoms with Crippen LogP contribution in [0.25, 0.3) is 5.69 Å². The second-order valence-electron chi connectivity index (χ2n) is 5.38. The molecule has 0 saturated heterocycles. The van der Waals surface area contributed by atoms with Gasteiger partial charge in [0.15, 0.2) is 0 Å². The zero-order valence-electron chi connectivity index (χ0n) is 13.6. The highest BCUT2D eigenvalue weighted by molar-refractivity contribution is 7.91. The summed E-state index contributed by atoms with van der Waals surface area (Å²) in [6, 6.07) is 13.8. The van der Waals surface area contributed by atoms with Crippen molar-refractivity contribution in [3.8, 4) is 11.4 Å². The van der Waals surface area contributed by atoms with Gasteiger partial charge in [-0.25, -0.2) is 13.1 Å². The number of methoxy groups -OCH3 is 1. The number of hydrogen-bond acceptors (Lipinski definition) is 5. The molecule has 0 spiro atoms. The Kier molecular flexibility index (Phi) is 4.11. The van der Waals surface area contributed by atoms with Crippen molar-refractivity contribution in [2.75, 3.05) is 7.11 Å². The minimum Gasteiger partial charge on any atom is -0.494 e. The molecule has 0 N–H and O–H groups in total. The van der Waals surface area contributed by atoms with Crippen molar-refractivity contribution in [2.45, 2.75) is 23.8 Å². The lowest BCUT2D eigenvalue weighted by Crippen LogP contribution is -2.06. The number of benzene rings is 2. The highest BCUT2D eigenvalue weighted by atomic mass is 32.2. The molecule has 1 heterocycles. The third-order valence-corrected chi connectivity index (χ3v) is 5.50. The number of aromatic nitrogens is 3. The van der Waals surface area contributed by atoms with Crippen LogP contribution in [0.5, 0.6) is 5.75 Å². The normalized spacial score (nSPS) is 11.5. The number of aryl methyl sites for hydroxylation is 1. The van der Waals surface area contributed by atoms with Crippen LogP contribution in [-0.2, 0) is 9.84 Å². The van der Waals surface area contributed by atoms with Crippen molar-refractivity contribution < 1.29 is 13.2 Å². The van der Waals surface area contributed by atoms with E-state index in [4.69, 9.17) is 4.74 Å². The number of sulfone groups is 1. The summed E-state index contributed by atoms with van der Waals surface area (Å²) in [6.45, 7) is 3.62. The highest BCUT2D eigenvalue weighted by Crippen LogP contribution is 2.28. The Morgan fingerprint density at radius 2 is 1.75 bits per heavy atom. The summed E-state index contributed by atoms with van der Waals surface area (Å²) >= 11 is 0. The van der Waals surface area contributed by atoms with E-state index >= 15 is 0 Å². The third kappa shape index (κ3) is 2.67. The van der Waals surface area contributed by atoms with Gasteiger partial charge in [0.25, 0.3) is 0 Å². The Bertz CT molecular complexity index is 980. The molecule has 0 saturated carbocycles. The minimum atomic E-state index is -3.72. The first kappa shape index (κ1) is 16.2. The third-order valence-electron chi connectivity index (χ3n) is 3.72. The monoisotopic (exact) mass is 343 g/mol. The average Bonchev–Trinajstić information content (AvgIpc) is 2.97. The van der Waals surface area contributed by atoms with Crippen LogP contribution >= 0.6 is 0 Å². The van der Waals surface area contributed by atoms with Crippen LogP contribution in [-0.4, -0.2) is 30.5 Å². The Morgan fingerprint density at radius 1 is 1.04 bits per heavy atom. The van der Waals surface area contributed by atoms with Gasteiger partial charge in [0.05, 0.1) is 17.7 Å². The Hall–Kier alpha value is -2.67. The van der Waals surface area contributed by atoms with E-state index in [2.05, 4.69) is 10.3 Å². The maximum Gasteiger partial charge on any atom is 0.227 e. The number of hydrogen-bond donors (Lipinski definition) is 0. The summed E-state index contributed by atoms with van der Waals surface area (Å²) in [5.41, 5.74) is 2.09. The van der Waals surface area contributed by atoms with Crippen LogP contribution in [0.1, 0.15) is 11.3 Å². The van der Waals surface area contributed by atoms with Gasteiger partial charge >= 0.3 is 0 Å². The summed E-state index contributed by atoms with van der Waals surface area (Å²) in [7, 11) is -2.16. The molecule has 124 valence electrons. The predicted octanol–water partition coefficient (Wildman–Crippen LogP) is 2.73. The molecule has 3 rings (SSSR count). The summed E-state index contributed by atoms with van der Waals surface area (Å²) in [5.74, 6) is 0.595. The van der Waals surface area contributed by atoms with E-state index in [0.29, 0.717) is 17.1 Å². The van der Waals surface area contributed by atoms with Gasteiger partial charge in [-0.3, -0.25) is 0 Å². The average molecular weight is 343 g/mol. The molecular weight excluding hydrogens is 326 g/mol. The van der Waals surface area contributed by atoms with Crippen LogP contribution in [0.15, 0.2) is 58.5 Å². The molecule has 0 amide bonds. The molecule has 0 aliphatic rings. The minimum absolute atomic E-state index is 0.0581. The van der Waals surface area contributed by atoms with E-state index in [9.17, 15) is 8.42 Å². The molecule has 0 radical (unpaired) electrons. The van der Waals surface area contributed by atoms with Crippen LogP contribution in [0.3, 0.4) is 0 Å². The first-order valence-corrected chi connectivity index (χ1v) is 8.81. The lowest BCUT2D eigenvalue weighted by Gasteiger charge is -2.10. The van der Waals surface area contributed by atoms with Crippen molar-refractivity contribution in [1.29, 1.82) is 0 Å². The van der Waals surface area contributed by atoms with Gasteiger partial charge in [0.2, 0.25) is 14.9 Å². The maximum atomic E-state index is 12.8. The summed E-state index contributed by atoms with van der Waals surface area (Å²) in [4.78, 5) is 0.191. The second kappa shape index (κ2) is 6.09. The summed E-state index contributed by atoms with van der Waals surface area (Å²) < 4.78 is 32.4. The fraction of sp³-hybridized carbons (Fsp3) is 0.176. The maximum absolute atomic E-state index is 12.8. The molecule has 7 heteroatoms. The Morgan fingerprint density at radius 3 is 2.42 bits per heavy atom. The van der Waals surface area contributed by atoms with Gasteiger partial charge < -0.3 is 4.74 Å². The zero-order chi connectivity index (χ0) is 17.3. The molecule has 0 fully saturated rings. The molecule has 2 aromatic carbocycles. The van der Waals surface area contributed by atoms with Crippen LogP contribution < -0.4 is 4.74 Å². The second-order valence-corrected chi connectivity index (χ2v) is 7.25. The molecule has 0 unspecified atom stereocenters. The van der Waals surface area contributed by atoms with Gasteiger partial charge in [0, 0.05) is 0 Å². The largest absolute Gasteiger partial charge is 0.494 e. The summed E-state index contributed by atoms with van der Waals surface area (Å²) in [6.07, 6.45) is 0. The van der Waals surface area contributed by atoms with E-state index in [1.54, 1.807) is 44.4 Å². The standard InChI is InChI=1S/C17H17N3O3S/c1-12-9-10-16(23-3)15(11-12)20-13(2)17(18-19-20)24(21,22)14-7-5-4-6-8-14/h4-11H,1-3H3. The molecule has 6 nitrogen and oxygen atoms in total. The lowest BCUT2D eigenvalue weighted by atomic mass is 10.2. The lowest BCUT2D eigenvalue weighted by molar-refractivity contribution is 0.411. The van der Waals surface area contributed by atoms with E-state index in [0.717, 1.165) is 5.56 Å². The zero-order valence-corrected chi connectivity index (χ0v) is 14.4. The van der Waals surface area contributed by atoms with Crippen molar-refractivity contribution in [1.82, 2.24) is 15.0 Å². The smallest absolute Gasteiger partial charge is 0.227 e. The van der Waals surface area contributed by atoms with Gasteiger partial charge in [-0.1, -0.05) is 29.5 Å². The van der Waals surface area contributed by atoms with Gasteiger partial charge in [0.1, 0.15) is 11.4 Å². The fourth-order valence-corrected chi connectivity index (χ4v) is 3.83. The molecule has 0 bridgehead atoms. The number of ether oxygens (including phenoxy) is 1. The topological polar surface area (TPSA) is 74.1 Å². The van der Waals surface area contributed by atoms with E-state index < -0.39 is 9.84 Å². The highest BCUT2D eigenvalue weighted by Gasteiger charge is 2.26.